The Kier molecular flexibility index (Phi) is 6.02. The fourth-order valence-electron chi connectivity index (χ4n) is 1.08. The third kappa shape index (κ3) is 6.32. The first-order valence-corrected chi connectivity index (χ1v) is 7.27. The van der Waals surface area contributed by atoms with E-state index >= 15 is 0 Å². The van der Waals surface area contributed by atoms with E-state index < -0.39 is 17.1 Å². The Morgan fingerprint density at radius 1 is 1.24 bits per heavy atom. The van der Waals surface area contributed by atoms with Crippen LogP contribution < -0.4 is 0 Å². The molecule has 0 fully saturated rings. The molecular formula is C13H27NO2S. The normalized spacial score (nSPS) is 18.0. The lowest BCUT2D eigenvalue weighted by molar-refractivity contribution is 0.176. The fraction of sp³-hybridized carbons (Fsp3) is 0.923. The summed E-state index contributed by atoms with van der Waals surface area (Å²) in [5.41, 5.74) is 0.678. The van der Waals surface area contributed by atoms with Gasteiger partial charge in [-0.25, -0.2) is 4.21 Å². The van der Waals surface area contributed by atoms with Crippen LogP contribution in [0.1, 0.15) is 61.3 Å². The zero-order valence-corrected chi connectivity index (χ0v) is 13.0. The number of rotatable bonds is 4. The summed E-state index contributed by atoms with van der Waals surface area (Å²) in [6.07, 6.45) is 0.795. The summed E-state index contributed by atoms with van der Waals surface area (Å²) < 4.78 is 16.0. The number of hydrogen-bond acceptors (Lipinski definition) is 2. The molecule has 1 N–H and O–H groups in total. The monoisotopic (exact) mass is 261 g/mol. The summed E-state index contributed by atoms with van der Waals surface area (Å²) in [5, 5.41) is 9.73. The molecule has 0 bridgehead atoms. The number of hydrogen-bond donors (Lipinski definition) is 1. The van der Waals surface area contributed by atoms with Crippen LogP contribution in [0.5, 0.6) is 0 Å². The highest BCUT2D eigenvalue weighted by Gasteiger charge is 2.25. The molecule has 0 aliphatic carbocycles. The van der Waals surface area contributed by atoms with Gasteiger partial charge in [0.05, 0.1) is 10.9 Å². The van der Waals surface area contributed by atoms with E-state index in [4.69, 9.17) is 0 Å². The SMILES string of the molecule is CC[C@@H](O)C/C(=N\S(=O)C(C)(C)C)C(C)(C)C. The van der Waals surface area contributed by atoms with E-state index in [1.807, 2.05) is 48.5 Å². The second-order valence-electron chi connectivity index (χ2n) is 6.42. The summed E-state index contributed by atoms with van der Waals surface area (Å²) >= 11 is 0. The second-order valence-corrected chi connectivity index (χ2v) is 8.32. The lowest BCUT2D eigenvalue weighted by atomic mass is 9.86. The molecule has 0 saturated carbocycles. The van der Waals surface area contributed by atoms with Crippen LogP contribution in [0.15, 0.2) is 4.40 Å². The van der Waals surface area contributed by atoms with Crippen molar-refractivity contribution in [1.29, 1.82) is 0 Å². The standard InChI is InChI=1S/C13H27NO2S/c1-8-10(15)9-11(12(2,3)4)14-17(16)13(5,6)7/h10,15H,8-9H2,1-7H3/b14-11+/t10-,17?/m1/s1. The van der Waals surface area contributed by atoms with Crippen molar-refractivity contribution in [2.24, 2.45) is 9.81 Å². The zero-order chi connectivity index (χ0) is 13.9. The van der Waals surface area contributed by atoms with Gasteiger partial charge in [-0.3, -0.25) is 0 Å². The van der Waals surface area contributed by atoms with Crippen molar-refractivity contribution in [3.63, 3.8) is 0 Å². The minimum atomic E-state index is -1.26. The first kappa shape index (κ1) is 16.8. The average molecular weight is 261 g/mol. The van der Waals surface area contributed by atoms with Crippen molar-refractivity contribution in [1.82, 2.24) is 0 Å². The van der Waals surface area contributed by atoms with E-state index in [1.54, 1.807) is 0 Å². The summed E-state index contributed by atoms with van der Waals surface area (Å²) in [5.74, 6) is 0. The largest absolute Gasteiger partial charge is 0.393 e. The van der Waals surface area contributed by atoms with Crippen molar-refractivity contribution in [3.8, 4) is 0 Å². The predicted octanol–water partition coefficient (Wildman–Crippen LogP) is 3.10. The van der Waals surface area contributed by atoms with Crippen LogP contribution in [-0.2, 0) is 11.0 Å². The summed E-state index contributed by atoms with van der Waals surface area (Å²) in [6, 6.07) is 0. The van der Waals surface area contributed by atoms with Gasteiger partial charge in [-0.05, 0) is 27.2 Å². The second kappa shape index (κ2) is 6.10. The van der Waals surface area contributed by atoms with E-state index in [1.165, 1.54) is 0 Å². The van der Waals surface area contributed by atoms with Gasteiger partial charge in [0.2, 0.25) is 0 Å². The lowest BCUT2D eigenvalue weighted by Crippen LogP contribution is -2.28. The van der Waals surface area contributed by atoms with Crippen molar-refractivity contribution in [2.75, 3.05) is 0 Å². The quantitative estimate of drug-likeness (QED) is 0.791. The highest BCUT2D eigenvalue weighted by Crippen LogP contribution is 2.23. The molecule has 0 aromatic carbocycles. The molecule has 0 amide bonds. The van der Waals surface area contributed by atoms with Crippen LogP contribution in [0.4, 0.5) is 0 Å². The maximum Gasteiger partial charge on any atom is 0.144 e. The fourth-order valence-corrected chi connectivity index (χ4v) is 1.91. The highest BCUT2D eigenvalue weighted by molar-refractivity contribution is 7.85. The molecule has 17 heavy (non-hydrogen) atoms. The van der Waals surface area contributed by atoms with Crippen LogP contribution in [0.25, 0.3) is 0 Å². The van der Waals surface area contributed by atoms with Crippen LogP contribution in [0.3, 0.4) is 0 Å². The first-order chi connectivity index (χ1) is 7.48. The third-order valence-electron chi connectivity index (χ3n) is 2.48. The van der Waals surface area contributed by atoms with Crippen molar-refractivity contribution < 1.29 is 9.32 Å². The minimum absolute atomic E-state index is 0.156. The molecular weight excluding hydrogens is 234 g/mol. The Hall–Kier alpha value is -0.220. The van der Waals surface area contributed by atoms with Gasteiger partial charge < -0.3 is 5.11 Å². The van der Waals surface area contributed by atoms with Gasteiger partial charge in [0.1, 0.15) is 11.0 Å². The van der Waals surface area contributed by atoms with Gasteiger partial charge >= 0.3 is 0 Å². The maximum absolute atomic E-state index is 12.0. The van der Waals surface area contributed by atoms with E-state index in [9.17, 15) is 9.32 Å². The number of aliphatic hydroxyl groups excluding tert-OH is 1. The van der Waals surface area contributed by atoms with Gasteiger partial charge in [-0.15, -0.1) is 0 Å². The Morgan fingerprint density at radius 3 is 2.00 bits per heavy atom. The molecule has 0 radical (unpaired) electrons. The van der Waals surface area contributed by atoms with Gasteiger partial charge in [0.15, 0.2) is 0 Å². The van der Waals surface area contributed by atoms with Gasteiger partial charge in [0, 0.05) is 17.5 Å². The highest BCUT2D eigenvalue weighted by atomic mass is 32.2. The molecule has 0 heterocycles. The molecule has 102 valence electrons. The number of nitrogens with zero attached hydrogens (tertiary/aromatic N) is 1. The Bertz CT molecular complexity index is 298. The summed E-state index contributed by atoms with van der Waals surface area (Å²) in [6.45, 7) is 13.8. The molecule has 0 rings (SSSR count). The van der Waals surface area contributed by atoms with Crippen LogP contribution in [0, 0.1) is 5.41 Å². The molecule has 0 aliphatic rings. The Labute approximate surface area is 108 Å². The molecule has 2 atom stereocenters. The van der Waals surface area contributed by atoms with E-state index in [0.29, 0.717) is 12.8 Å². The minimum Gasteiger partial charge on any atom is -0.393 e. The van der Waals surface area contributed by atoms with Crippen molar-refractivity contribution in [2.45, 2.75) is 72.2 Å². The van der Waals surface area contributed by atoms with Crippen LogP contribution in [-0.4, -0.2) is 25.9 Å². The van der Waals surface area contributed by atoms with Crippen LogP contribution >= 0.6 is 0 Å². The van der Waals surface area contributed by atoms with Crippen molar-refractivity contribution in [3.05, 3.63) is 0 Å². The smallest absolute Gasteiger partial charge is 0.144 e. The molecule has 3 nitrogen and oxygen atoms in total. The number of aliphatic hydroxyl groups is 1. The molecule has 0 aromatic rings. The maximum atomic E-state index is 12.0. The molecule has 1 unspecified atom stereocenters. The third-order valence-corrected chi connectivity index (χ3v) is 3.92. The summed E-state index contributed by atoms with van der Waals surface area (Å²) in [7, 11) is -1.26. The summed E-state index contributed by atoms with van der Waals surface area (Å²) in [4.78, 5) is 0. The van der Waals surface area contributed by atoms with E-state index in [-0.39, 0.29) is 10.2 Å². The zero-order valence-electron chi connectivity index (χ0n) is 12.2. The lowest BCUT2D eigenvalue weighted by Gasteiger charge is -2.25. The Balaban J connectivity index is 5.07. The van der Waals surface area contributed by atoms with E-state index in [0.717, 1.165) is 5.71 Å². The molecule has 0 saturated heterocycles. The molecule has 0 spiro atoms. The van der Waals surface area contributed by atoms with Crippen molar-refractivity contribution >= 4 is 16.7 Å². The average Bonchev–Trinajstić information content (AvgIpc) is 2.13. The van der Waals surface area contributed by atoms with Gasteiger partial charge in [-0.2, -0.15) is 4.40 Å². The molecule has 0 aromatic heterocycles. The molecule has 4 heteroatoms. The van der Waals surface area contributed by atoms with Gasteiger partial charge in [-0.1, -0.05) is 27.7 Å². The first-order valence-electron chi connectivity index (χ1n) is 6.16. The van der Waals surface area contributed by atoms with Gasteiger partial charge in [0.25, 0.3) is 0 Å². The predicted molar refractivity (Wildman–Crippen MR) is 75.7 cm³/mol. The molecule has 0 aliphatic heterocycles. The topological polar surface area (TPSA) is 49.7 Å². The Morgan fingerprint density at radius 2 is 1.71 bits per heavy atom. The van der Waals surface area contributed by atoms with E-state index in [2.05, 4.69) is 4.40 Å². The van der Waals surface area contributed by atoms with Crippen LogP contribution in [0.2, 0.25) is 0 Å².